The summed E-state index contributed by atoms with van der Waals surface area (Å²) >= 11 is 0. The standard InChI is InChI=1S/C22H25N3O2S/c1-18(20-12-6-3-7-13-20)24-21-14-15-22(23-17-21)25-28(26,27)16-8-11-19-9-4-2-5-10-19/h2-7,9-10,12-15,17-18,24H,8,11,16H2,1H3,(H,23,25). The van der Waals surface area contributed by atoms with Crippen LogP contribution >= 0.6 is 0 Å². The van der Waals surface area contributed by atoms with Crippen molar-refractivity contribution in [2.45, 2.75) is 25.8 Å². The Balaban J connectivity index is 1.51. The van der Waals surface area contributed by atoms with Gasteiger partial charge in [-0.05, 0) is 43.0 Å². The molecule has 28 heavy (non-hydrogen) atoms. The highest BCUT2D eigenvalue weighted by Crippen LogP contribution is 2.19. The largest absolute Gasteiger partial charge is 0.377 e. The lowest BCUT2D eigenvalue weighted by Crippen LogP contribution is -2.18. The van der Waals surface area contributed by atoms with Crippen molar-refractivity contribution in [2.75, 3.05) is 15.8 Å². The summed E-state index contributed by atoms with van der Waals surface area (Å²) in [5, 5.41) is 3.36. The maximum absolute atomic E-state index is 12.3. The molecule has 0 spiro atoms. The van der Waals surface area contributed by atoms with Gasteiger partial charge < -0.3 is 5.32 Å². The second-order valence-corrected chi connectivity index (χ2v) is 8.56. The lowest BCUT2D eigenvalue weighted by Gasteiger charge is -2.15. The Kier molecular flexibility index (Phi) is 6.66. The van der Waals surface area contributed by atoms with Gasteiger partial charge in [0, 0.05) is 6.04 Å². The molecular formula is C22H25N3O2S. The highest BCUT2D eigenvalue weighted by Gasteiger charge is 2.11. The van der Waals surface area contributed by atoms with Crippen LogP contribution in [0.3, 0.4) is 0 Å². The molecule has 0 radical (unpaired) electrons. The Morgan fingerprint density at radius 2 is 1.61 bits per heavy atom. The number of hydrogen-bond donors (Lipinski definition) is 2. The molecule has 5 nitrogen and oxygen atoms in total. The van der Waals surface area contributed by atoms with Crippen LogP contribution in [0.15, 0.2) is 79.0 Å². The van der Waals surface area contributed by atoms with Gasteiger partial charge >= 0.3 is 0 Å². The topological polar surface area (TPSA) is 71.1 Å². The third-order valence-corrected chi connectivity index (χ3v) is 5.77. The van der Waals surface area contributed by atoms with Crippen molar-refractivity contribution in [3.8, 4) is 0 Å². The van der Waals surface area contributed by atoms with Crippen molar-refractivity contribution < 1.29 is 8.42 Å². The van der Waals surface area contributed by atoms with E-state index in [2.05, 4.69) is 34.1 Å². The van der Waals surface area contributed by atoms with Crippen molar-refractivity contribution in [3.63, 3.8) is 0 Å². The minimum Gasteiger partial charge on any atom is -0.377 e. The number of rotatable bonds is 9. The van der Waals surface area contributed by atoms with Gasteiger partial charge in [-0.3, -0.25) is 4.72 Å². The van der Waals surface area contributed by atoms with Crippen molar-refractivity contribution in [3.05, 3.63) is 90.1 Å². The first-order valence-corrected chi connectivity index (χ1v) is 11.0. The molecule has 1 heterocycles. The Bertz CT molecular complexity index is 960. The van der Waals surface area contributed by atoms with Crippen LogP contribution in [0.1, 0.15) is 30.5 Å². The maximum Gasteiger partial charge on any atom is 0.233 e. The van der Waals surface area contributed by atoms with Gasteiger partial charge in [-0.1, -0.05) is 60.7 Å². The molecule has 0 saturated carbocycles. The van der Waals surface area contributed by atoms with Gasteiger partial charge in [0.1, 0.15) is 5.82 Å². The number of benzene rings is 2. The van der Waals surface area contributed by atoms with E-state index in [1.165, 1.54) is 5.56 Å². The van der Waals surface area contributed by atoms with E-state index in [1.54, 1.807) is 12.3 Å². The molecule has 0 amide bonds. The fourth-order valence-electron chi connectivity index (χ4n) is 2.94. The highest BCUT2D eigenvalue weighted by molar-refractivity contribution is 7.92. The Labute approximate surface area is 166 Å². The molecule has 2 N–H and O–H groups in total. The summed E-state index contributed by atoms with van der Waals surface area (Å²) in [7, 11) is -3.42. The number of anilines is 2. The summed E-state index contributed by atoms with van der Waals surface area (Å²) in [4.78, 5) is 4.22. The van der Waals surface area contributed by atoms with Gasteiger partial charge in [0.2, 0.25) is 10.0 Å². The molecule has 0 aliphatic heterocycles. The number of aromatic nitrogens is 1. The SMILES string of the molecule is CC(Nc1ccc(NS(=O)(=O)CCCc2ccccc2)nc1)c1ccccc1. The predicted octanol–water partition coefficient (Wildman–Crippen LogP) is 4.63. The van der Waals surface area contributed by atoms with E-state index in [1.807, 2.05) is 54.6 Å². The number of sulfonamides is 1. The molecule has 0 aliphatic carbocycles. The van der Waals surface area contributed by atoms with Crippen LogP contribution in [-0.2, 0) is 16.4 Å². The number of pyridine rings is 1. The molecule has 2 aromatic carbocycles. The molecule has 0 bridgehead atoms. The summed E-state index contributed by atoms with van der Waals surface area (Å²) in [6, 6.07) is 23.6. The number of hydrogen-bond acceptors (Lipinski definition) is 4. The monoisotopic (exact) mass is 395 g/mol. The number of aryl methyl sites for hydroxylation is 1. The van der Waals surface area contributed by atoms with Gasteiger partial charge in [0.25, 0.3) is 0 Å². The normalized spacial score (nSPS) is 12.3. The van der Waals surface area contributed by atoms with E-state index in [9.17, 15) is 8.42 Å². The van der Waals surface area contributed by atoms with Crippen LogP contribution < -0.4 is 10.0 Å². The van der Waals surface area contributed by atoms with Gasteiger partial charge in [-0.15, -0.1) is 0 Å². The zero-order valence-corrected chi connectivity index (χ0v) is 16.7. The van der Waals surface area contributed by atoms with Crippen molar-refractivity contribution in [2.24, 2.45) is 0 Å². The molecule has 0 saturated heterocycles. The average molecular weight is 396 g/mol. The van der Waals surface area contributed by atoms with Crippen LogP contribution in [0, 0.1) is 0 Å². The fourth-order valence-corrected chi connectivity index (χ4v) is 4.00. The third-order valence-electron chi connectivity index (χ3n) is 4.43. The fraction of sp³-hybridized carbons (Fsp3) is 0.227. The molecule has 1 aromatic heterocycles. The van der Waals surface area contributed by atoms with Gasteiger partial charge in [-0.2, -0.15) is 0 Å². The van der Waals surface area contributed by atoms with E-state index < -0.39 is 10.0 Å². The predicted molar refractivity (Wildman–Crippen MR) is 115 cm³/mol. The van der Waals surface area contributed by atoms with Crippen LogP contribution in [0.25, 0.3) is 0 Å². The molecule has 6 heteroatoms. The minimum absolute atomic E-state index is 0.0641. The quantitative estimate of drug-likeness (QED) is 0.554. The Morgan fingerprint density at radius 1 is 0.929 bits per heavy atom. The minimum atomic E-state index is -3.42. The molecule has 1 atom stereocenters. The van der Waals surface area contributed by atoms with E-state index >= 15 is 0 Å². The zero-order valence-electron chi connectivity index (χ0n) is 15.9. The maximum atomic E-state index is 12.3. The van der Waals surface area contributed by atoms with Crippen molar-refractivity contribution >= 4 is 21.5 Å². The van der Waals surface area contributed by atoms with Gasteiger partial charge in [0.05, 0.1) is 17.6 Å². The third kappa shape index (κ3) is 6.09. The van der Waals surface area contributed by atoms with Crippen LogP contribution in [-0.4, -0.2) is 19.2 Å². The summed E-state index contributed by atoms with van der Waals surface area (Å²) < 4.78 is 27.1. The molecule has 146 valence electrons. The van der Waals surface area contributed by atoms with E-state index in [-0.39, 0.29) is 11.8 Å². The molecule has 3 aromatic rings. The first kappa shape index (κ1) is 19.9. The van der Waals surface area contributed by atoms with Gasteiger partial charge in [-0.25, -0.2) is 13.4 Å². The second kappa shape index (κ2) is 9.37. The lowest BCUT2D eigenvalue weighted by atomic mass is 10.1. The first-order valence-electron chi connectivity index (χ1n) is 9.34. The molecule has 0 aliphatic rings. The summed E-state index contributed by atoms with van der Waals surface area (Å²) in [6.07, 6.45) is 2.93. The molecule has 1 unspecified atom stereocenters. The first-order chi connectivity index (χ1) is 13.5. The summed E-state index contributed by atoms with van der Waals surface area (Å²) in [6.45, 7) is 2.07. The van der Waals surface area contributed by atoms with Crippen molar-refractivity contribution in [1.29, 1.82) is 0 Å². The smallest absolute Gasteiger partial charge is 0.233 e. The number of nitrogens with zero attached hydrogens (tertiary/aromatic N) is 1. The van der Waals surface area contributed by atoms with E-state index in [0.717, 1.165) is 17.7 Å². The van der Waals surface area contributed by atoms with Crippen molar-refractivity contribution in [1.82, 2.24) is 4.98 Å². The van der Waals surface area contributed by atoms with E-state index in [4.69, 9.17) is 0 Å². The van der Waals surface area contributed by atoms with Crippen LogP contribution in [0.4, 0.5) is 11.5 Å². The lowest BCUT2D eigenvalue weighted by molar-refractivity contribution is 0.598. The highest BCUT2D eigenvalue weighted by atomic mass is 32.2. The summed E-state index contributed by atoms with van der Waals surface area (Å²) in [5.74, 6) is 0.395. The summed E-state index contributed by atoms with van der Waals surface area (Å²) in [5.41, 5.74) is 3.15. The molecule has 0 fully saturated rings. The molecule has 3 rings (SSSR count). The Hall–Kier alpha value is -2.86. The zero-order chi connectivity index (χ0) is 19.8. The average Bonchev–Trinajstić information content (AvgIpc) is 2.70. The molecular weight excluding hydrogens is 370 g/mol. The number of nitrogens with one attached hydrogen (secondary N) is 2. The van der Waals surface area contributed by atoms with E-state index in [0.29, 0.717) is 12.2 Å². The Morgan fingerprint density at radius 3 is 2.25 bits per heavy atom. The van der Waals surface area contributed by atoms with Crippen LogP contribution in [0.2, 0.25) is 0 Å². The van der Waals surface area contributed by atoms with Gasteiger partial charge in [0.15, 0.2) is 0 Å². The second-order valence-electron chi connectivity index (χ2n) is 6.72. The van der Waals surface area contributed by atoms with Crippen LogP contribution in [0.5, 0.6) is 0 Å².